The molecule has 0 saturated carbocycles. The zero-order valence-electron chi connectivity index (χ0n) is 12.0. The van der Waals surface area contributed by atoms with Crippen molar-refractivity contribution in [3.8, 4) is 0 Å². The highest BCUT2D eigenvalue weighted by Gasteiger charge is 2.22. The molecule has 21 heavy (non-hydrogen) atoms. The van der Waals surface area contributed by atoms with Crippen LogP contribution in [0.15, 0.2) is 34.1 Å². The summed E-state index contributed by atoms with van der Waals surface area (Å²) in [6, 6.07) is 10.7. The van der Waals surface area contributed by atoms with Gasteiger partial charge < -0.3 is 10.2 Å². The second-order valence-corrected chi connectivity index (χ2v) is 7.77. The van der Waals surface area contributed by atoms with Crippen LogP contribution in [-0.2, 0) is 11.2 Å². The average molecular weight is 365 g/mol. The molecule has 1 N–H and O–H groups in total. The number of fused-ring (bicyclic) bond motifs is 1. The minimum atomic E-state index is 0.117. The minimum Gasteiger partial charge on any atom is -0.378 e. The van der Waals surface area contributed by atoms with Crippen molar-refractivity contribution in [3.63, 3.8) is 0 Å². The molecule has 110 valence electrons. The van der Waals surface area contributed by atoms with Gasteiger partial charge in [-0.2, -0.15) is 0 Å². The van der Waals surface area contributed by atoms with Crippen molar-refractivity contribution in [2.75, 3.05) is 16.8 Å². The molecule has 3 nitrogen and oxygen atoms in total. The lowest BCUT2D eigenvalue weighted by Gasteiger charge is -2.17. The second kappa shape index (κ2) is 5.81. The van der Waals surface area contributed by atoms with Gasteiger partial charge in [0.15, 0.2) is 0 Å². The van der Waals surface area contributed by atoms with E-state index in [2.05, 4.69) is 52.4 Å². The van der Waals surface area contributed by atoms with Crippen LogP contribution in [0.2, 0.25) is 0 Å². The molecule has 1 aliphatic heterocycles. The molecule has 0 bridgehead atoms. The number of benzene rings is 1. The summed E-state index contributed by atoms with van der Waals surface area (Å²) in [6.45, 7) is 4.58. The predicted octanol–water partition coefficient (Wildman–Crippen LogP) is 4.59. The van der Waals surface area contributed by atoms with Crippen LogP contribution in [0, 0.1) is 0 Å². The third-order valence-electron chi connectivity index (χ3n) is 3.76. The van der Waals surface area contributed by atoms with E-state index in [1.54, 1.807) is 18.3 Å². The number of hydrogen-bond donors (Lipinski definition) is 1. The topological polar surface area (TPSA) is 32.3 Å². The van der Waals surface area contributed by atoms with E-state index in [1.165, 1.54) is 10.4 Å². The van der Waals surface area contributed by atoms with Crippen molar-refractivity contribution in [1.82, 2.24) is 0 Å². The summed E-state index contributed by atoms with van der Waals surface area (Å²) in [5, 5.41) is 3.53. The van der Waals surface area contributed by atoms with E-state index in [9.17, 15) is 4.79 Å². The van der Waals surface area contributed by atoms with Gasteiger partial charge in [0, 0.05) is 29.7 Å². The van der Waals surface area contributed by atoms with Gasteiger partial charge in [0.1, 0.15) is 0 Å². The van der Waals surface area contributed by atoms with Crippen LogP contribution in [0.4, 0.5) is 11.4 Å². The summed E-state index contributed by atoms with van der Waals surface area (Å²) >= 11 is 5.25. The molecule has 0 saturated heterocycles. The molecule has 1 aliphatic rings. The summed E-state index contributed by atoms with van der Waals surface area (Å²) in [5.74, 6) is 0.117. The quantitative estimate of drug-likeness (QED) is 0.863. The lowest BCUT2D eigenvalue weighted by atomic mass is 10.1. The first-order chi connectivity index (χ1) is 10.0. The average Bonchev–Trinajstić information content (AvgIpc) is 3.04. The smallest absolute Gasteiger partial charge is 0.223 e. The van der Waals surface area contributed by atoms with E-state index in [-0.39, 0.29) is 11.9 Å². The first-order valence-corrected chi connectivity index (χ1v) is 8.58. The Balaban J connectivity index is 1.77. The monoisotopic (exact) mass is 364 g/mol. The summed E-state index contributed by atoms with van der Waals surface area (Å²) in [5.41, 5.74) is 3.41. The highest BCUT2D eigenvalue weighted by Crippen LogP contribution is 2.33. The Morgan fingerprint density at radius 1 is 1.38 bits per heavy atom. The summed E-state index contributed by atoms with van der Waals surface area (Å²) < 4.78 is 1.15. The van der Waals surface area contributed by atoms with Crippen molar-refractivity contribution in [3.05, 3.63) is 44.6 Å². The molecule has 0 aliphatic carbocycles. The van der Waals surface area contributed by atoms with Crippen LogP contribution in [0.25, 0.3) is 0 Å². The maximum atomic E-state index is 11.6. The van der Waals surface area contributed by atoms with E-state index in [1.807, 2.05) is 11.0 Å². The van der Waals surface area contributed by atoms with Crippen molar-refractivity contribution in [1.29, 1.82) is 0 Å². The van der Waals surface area contributed by atoms with Crippen LogP contribution in [-0.4, -0.2) is 12.5 Å². The Kier molecular flexibility index (Phi) is 4.04. The van der Waals surface area contributed by atoms with E-state index in [4.69, 9.17) is 0 Å². The normalized spacial score (nSPS) is 14.9. The molecule has 3 rings (SSSR count). The predicted molar refractivity (Wildman–Crippen MR) is 92.2 cm³/mol. The van der Waals surface area contributed by atoms with E-state index < -0.39 is 0 Å². The first kappa shape index (κ1) is 14.6. The number of hydrogen-bond acceptors (Lipinski definition) is 3. The SMILES string of the molecule is CC(=O)N1CCc2cc(NC(C)c3ccc(Br)s3)ccc21. The fourth-order valence-corrected chi connectivity index (χ4v) is 4.13. The molecule has 1 atom stereocenters. The maximum absolute atomic E-state index is 11.6. The molecule has 0 fully saturated rings. The highest BCUT2D eigenvalue weighted by atomic mass is 79.9. The number of nitrogens with zero attached hydrogens (tertiary/aromatic N) is 1. The fourth-order valence-electron chi connectivity index (χ4n) is 2.70. The van der Waals surface area contributed by atoms with Gasteiger partial charge in [-0.1, -0.05) is 0 Å². The number of amides is 1. The van der Waals surface area contributed by atoms with E-state index in [0.717, 1.165) is 28.1 Å². The van der Waals surface area contributed by atoms with Gasteiger partial charge in [-0.25, -0.2) is 0 Å². The number of carbonyl (C=O) groups is 1. The third-order valence-corrected chi connectivity index (χ3v) is 5.57. The van der Waals surface area contributed by atoms with Gasteiger partial charge in [0.05, 0.1) is 9.83 Å². The minimum absolute atomic E-state index is 0.117. The van der Waals surface area contributed by atoms with Crippen LogP contribution < -0.4 is 10.2 Å². The summed E-state index contributed by atoms with van der Waals surface area (Å²) in [7, 11) is 0. The molecular weight excluding hydrogens is 348 g/mol. The lowest BCUT2D eigenvalue weighted by Crippen LogP contribution is -2.25. The van der Waals surface area contributed by atoms with E-state index >= 15 is 0 Å². The Morgan fingerprint density at radius 2 is 2.19 bits per heavy atom. The number of thiophene rings is 1. The lowest BCUT2D eigenvalue weighted by molar-refractivity contribution is -0.116. The molecule has 1 aromatic heterocycles. The van der Waals surface area contributed by atoms with Crippen LogP contribution in [0.3, 0.4) is 0 Å². The van der Waals surface area contributed by atoms with E-state index in [0.29, 0.717) is 0 Å². The Hall–Kier alpha value is -1.33. The van der Waals surface area contributed by atoms with Gasteiger partial charge >= 0.3 is 0 Å². The Bertz CT molecular complexity index is 683. The van der Waals surface area contributed by atoms with Gasteiger partial charge in [-0.05, 0) is 65.2 Å². The van der Waals surface area contributed by atoms with Crippen LogP contribution in [0.5, 0.6) is 0 Å². The molecule has 0 spiro atoms. The van der Waals surface area contributed by atoms with Crippen molar-refractivity contribution in [2.45, 2.75) is 26.3 Å². The third kappa shape index (κ3) is 2.99. The fraction of sp³-hybridized carbons (Fsp3) is 0.312. The molecular formula is C16H17BrN2OS. The maximum Gasteiger partial charge on any atom is 0.223 e. The molecule has 1 unspecified atom stereocenters. The van der Waals surface area contributed by atoms with Crippen molar-refractivity contribution < 1.29 is 4.79 Å². The summed E-state index contributed by atoms with van der Waals surface area (Å²) in [4.78, 5) is 14.7. The van der Waals surface area contributed by atoms with Crippen molar-refractivity contribution in [2.24, 2.45) is 0 Å². The molecule has 2 aromatic rings. The highest BCUT2D eigenvalue weighted by molar-refractivity contribution is 9.11. The number of rotatable bonds is 3. The number of carbonyl (C=O) groups excluding carboxylic acids is 1. The molecule has 2 heterocycles. The Morgan fingerprint density at radius 3 is 2.86 bits per heavy atom. The first-order valence-electron chi connectivity index (χ1n) is 6.97. The zero-order valence-corrected chi connectivity index (χ0v) is 14.4. The van der Waals surface area contributed by atoms with Gasteiger partial charge in [-0.3, -0.25) is 4.79 Å². The summed E-state index contributed by atoms with van der Waals surface area (Å²) in [6.07, 6.45) is 0.934. The Labute approximate surface area is 137 Å². The number of anilines is 2. The molecule has 1 aromatic carbocycles. The van der Waals surface area contributed by atoms with Crippen LogP contribution in [0.1, 0.15) is 30.3 Å². The largest absolute Gasteiger partial charge is 0.378 e. The molecule has 0 radical (unpaired) electrons. The molecule has 5 heteroatoms. The standard InChI is InChI=1S/C16H17BrN2OS/c1-10(15-5-6-16(17)21-15)18-13-3-4-14-12(9-13)7-8-19(14)11(2)20/h3-6,9-10,18H,7-8H2,1-2H3. The van der Waals surface area contributed by atoms with Crippen LogP contribution >= 0.6 is 27.3 Å². The number of nitrogens with one attached hydrogen (secondary N) is 1. The molecule has 1 amide bonds. The van der Waals surface area contributed by atoms with Gasteiger partial charge in [0.25, 0.3) is 0 Å². The van der Waals surface area contributed by atoms with Gasteiger partial charge in [0.2, 0.25) is 5.91 Å². The number of halogens is 1. The van der Waals surface area contributed by atoms with Gasteiger partial charge in [-0.15, -0.1) is 11.3 Å². The zero-order chi connectivity index (χ0) is 15.0. The second-order valence-electron chi connectivity index (χ2n) is 5.27. The van der Waals surface area contributed by atoms with Crippen molar-refractivity contribution >= 4 is 44.5 Å².